The predicted octanol–water partition coefficient (Wildman–Crippen LogP) is 4.25. The molecule has 1 amide bonds. The van der Waals surface area contributed by atoms with E-state index < -0.39 is 0 Å². The number of rotatable bonds is 5. The highest BCUT2D eigenvalue weighted by atomic mass is 16.1. The number of aromatic nitrogens is 1. The van der Waals surface area contributed by atoms with Gasteiger partial charge < -0.3 is 9.88 Å². The van der Waals surface area contributed by atoms with Crippen LogP contribution in [0.1, 0.15) is 48.4 Å². The molecule has 0 bridgehead atoms. The number of hydrogen-bond acceptors (Lipinski definition) is 2. The molecule has 1 aromatic carbocycles. The number of aryl methyl sites for hydroxylation is 1. The molecular formula is C23H31N3O. The summed E-state index contributed by atoms with van der Waals surface area (Å²) >= 11 is 0. The summed E-state index contributed by atoms with van der Waals surface area (Å²) in [5, 5.41) is 3.26. The Kier molecular flexibility index (Phi) is 6.17. The SMILES string of the molecule is CC(C)=CCN1CCC(NC(=O)c2cc(C)n(-c3ccccc3)c2C)CC1. The van der Waals surface area contributed by atoms with E-state index in [-0.39, 0.29) is 11.9 Å². The van der Waals surface area contributed by atoms with Crippen molar-refractivity contribution in [3.8, 4) is 5.69 Å². The third-order valence-corrected chi connectivity index (χ3v) is 5.37. The molecule has 1 fully saturated rings. The summed E-state index contributed by atoms with van der Waals surface area (Å²) in [4.78, 5) is 15.3. The van der Waals surface area contributed by atoms with Gasteiger partial charge in [-0.15, -0.1) is 0 Å². The van der Waals surface area contributed by atoms with Crippen molar-refractivity contribution in [3.63, 3.8) is 0 Å². The Morgan fingerprint density at radius 3 is 2.44 bits per heavy atom. The second-order valence-electron chi connectivity index (χ2n) is 7.79. The first-order valence-corrected chi connectivity index (χ1v) is 9.86. The highest BCUT2D eigenvalue weighted by Crippen LogP contribution is 2.21. The van der Waals surface area contributed by atoms with Crippen LogP contribution in [0.15, 0.2) is 48.0 Å². The van der Waals surface area contributed by atoms with E-state index in [1.54, 1.807) is 0 Å². The lowest BCUT2D eigenvalue weighted by Crippen LogP contribution is -2.44. The standard InChI is InChI=1S/C23H31N3O/c1-17(2)10-13-25-14-11-20(12-15-25)24-23(27)22-16-18(3)26(19(22)4)21-8-6-5-7-9-21/h5-10,16,20H,11-15H2,1-4H3,(H,24,27). The van der Waals surface area contributed by atoms with Gasteiger partial charge in [-0.2, -0.15) is 0 Å². The van der Waals surface area contributed by atoms with Gasteiger partial charge in [0.1, 0.15) is 0 Å². The number of benzene rings is 1. The fraction of sp³-hybridized carbons (Fsp3) is 0.435. The van der Waals surface area contributed by atoms with Gasteiger partial charge >= 0.3 is 0 Å². The smallest absolute Gasteiger partial charge is 0.253 e. The monoisotopic (exact) mass is 365 g/mol. The number of allylic oxidation sites excluding steroid dienone is 1. The average Bonchev–Trinajstić information content (AvgIpc) is 2.96. The van der Waals surface area contributed by atoms with Gasteiger partial charge in [-0.25, -0.2) is 0 Å². The zero-order chi connectivity index (χ0) is 19.4. The van der Waals surface area contributed by atoms with E-state index in [9.17, 15) is 4.79 Å². The number of likely N-dealkylation sites (tertiary alicyclic amines) is 1. The fourth-order valence-corrected chi connectivity index (χ4v) is 3.80. The Balaban J connectivity index is 1.64. The third kappa shape index (κ3) is 4.69. The van der Waals surface area contributed by atoms with E-state index in [1.807, 2.05) is 31.2 Å². The Bertz CT molecular complexity index is 808. The fourth-order valence-electron chi connectivity index (χ4n) is 3.80. The Labute approximate surface area is 162 Å². The highest BCUT2D eigenvalue weighted by molar-refractivity contribution is 5.96. The molecule has 1 aliphatic heterocycles. The first-order valence-electron chi connectivity index (χ1n) is 9.86. The summed E-state index contributed by atoms with van der Waals surface area (Å²) in [6, 6.07) is 12.5. The molecule has 4 heteroatoms. The van der Waals surface area contributed by atoms with Crippen molar-refractivity contribution in [2.75, 3.05) is 19.6 Å². The van der Waals surface area contributed by atoms with Crippen molar-refractivity contribution in [3.05, 3.63) is 65.0 Å². The van der Waals surface area contributed by atoms with E-state index in [1.165, 1.54) is 5.57 Å². The topological polar surface area (TPSA) is 37.3 Å². The molecule has 1 N–H and O–H groups in total. The van der Waals surface area contributed by atoms with Crippen LogP contribution in [0.5, 0.6) is 0 Å². The van der Waals surface area contributed by atoms with Gasteiger partial charge in [0.25, 0.3) is 5.91 Å². The highest BCUT2D eigenvalue weighted by Gasteiger charge is 2.23. The molecule has 2 aromatic rings. The largest absolute Gasteiger partial charge is 0.349 e. The van der Waals surface area contributed by atoms with Crippen LogP contribution in [0.25, 0.3) is 5.69 Å². The molecule has 0 aliphatic carbocycles. The lowest BCUT2D eigenvalue weighted by molar-refractivity contribution is 0.0913. The van der Waals surface area contributed by atoms with Gasteiger partial charge in [0, 0.05) is 42.8 Å². The first-order chi connectivity index (χ1) is 13.0. The van der Waals surface area contributed by atoms with E-state index in [4.69, 9.17) is 0 Å². The molecule has 0 saturated carbocycles. The zero-order valence-electron chi connectivity index (χ0n) is 17.0. The molecule has 1 saturated heterocycles. The molecule has 144 valence electrons. The van der Waals surface area contributed by atoms with Crippen molar-refractivity contribution in [1.29, 1.82) is 0 Å². The third-order valence-electron chi connectivity index (χ3n) is 5.37. The van der Waals surface area contributed by atoms with Gasteiger partial charge in [0.2, 0.25) is 0 Å². The molecular weight excluding hydrogens is 334 g/mol. The van der Waals surface area contributed by atoms with Crippen LogP contribution in [0, 0.1) is 13.8 Å². The van der Waals surface area contributed by atoms with Gasteiger partial charge in [-0.3, -0.25) is 9.69 Å². The summed E-state index contributed by atoms with van der Waals surface area (Å²) in [6.45, 7) is 11.4. The van der Waals surface area contributed by atoms with Crippen molar-refractivity contribution in [2.45, 2.75) is 46.6 Å². The molecule has 1 aliphatic rings. The van der Waals surface area contributed by atoms with Crippen LogP contribution in [0.2, 0.25) is 0 Å². The lowest BCUT2D eigenvalue weighted by atomic mass is 10.0. The predicted molar refractivity (Wildman–Crippen MR) is 112 cm³/mol. The van der Waals surface area contributed by atoms with Gasteiger partial charge in [-0.05, 0) is 58.7 Å². The number of para-hydroxylation sites is 1. The maximum atomic E-state index is 12.9. The van der Waals surface area contributed by atoms with Gasteiger partial charge in [0.15, 0.2) is 0 Å². The molecule has 0 radical (unpaired) electrons. The summed E-state index contributed by atoms with van der Waals surface area (Å²) in [6.07, 6.45) is 4.30. The normalized spacial score (nSPS) is 15.6. The summed E-state index contributed by atoms with van der Waals surface area (Å²) < 4.78 is 2.15. The summed E-state index contributed by atoms with van der Waals surface area (Å²) in [7, 11) is 0. The van der Waals surface area contributed by atoms with Crippen molar-refractivity contribution in [2.24, 2.45) is 0 Å². The number of nitrogens with one attached hydrogen (secondary N) is 1. The van der Waals surface area contributed by atoms with Crippen molar-refractivity contribution >= 4 is 5.91 Å². The minimum absolute atomic E-state index is 0.0491. The van der Waals surface area contributed by atoms with Crippen molar-refractivity contribution in [1.82, 2.24) is 14.8 Å². The Morgan fingerprint density at radius 2 is 1.81 bits per heavy atom. The zero-order valence-corrected chi connectivity index (χ0v) is 17.0. The van der Waals surface area contributed by atoms with Crippen LogP contribution < -0.4 is 5.32 Å². The van der Waals surface area contributed by atoms with Gasteiger partial charge in [-0.1, -0.05) is 29.8 Å². The van der Waals surface area contributed by atoms with E-state index >= 15 is 0 Å². The molecule has 27 heavy (non-hydrogen) atoms. The van der Waals surface area contributed by atoms with Crippen LogP contribution in [-0.4, -0.2) is 41.1 Å². The number of carbonyl (C=O) groups is 1. The summed E-state index contributed by atoms with van der Waals surface area (Å²) in [5.41, 5.74) is 5.32. The number of amides is 1. The maximum Gasteiger partial charge on any atom is 0.253 e. The lowest BCUT2D eigenvalue weighted by Gasteiger charge is -2.31. The second-order valence-corrected chi connectivity index (χ2v) is 7.79. The van der Waals surface area contributed by atoms with Crippen LogP contribution in [0.4, 0.5) is 0 Å². The first kappa shape index (κ1) is 19.4. The van der Waals surface area contributed by atoms with E-state index in [0.717, 1.165) is 55.1 Å². The molecule has 0 atom stereocenters. The molecule has 4 nitrogen and oxygen atoms in total. The Morgan fingerprint density at radius 1 is 1.15 bits per heavy atom. The van der Waals surface area contributed by atoms with Gasteiger partial charge in [0.05, 0.1) is 5.56 Å². The summed E-state index contributed by atoms with van der Waals surface area (Å²) in [5.74, 6) is 0.0491. The van der Waals surface area contributed by atoms with Crippen molar-refractivity contribution < 1.29 is 4.79 Å². The molecule has 0 unspecified atom stereocenters. The molecule has 3 rings (SSSR count). The van der Waals surface area contributed by atoms with E-state index in [0.29, 0.717) is 0 Å². The van der Waals surface area contributed by atoms with Crippen LogP contribution in [0.3, 0.4) is 0 Å². The number of nitrogens with zero attached hydrogens (tertiary/aromatic N) is 2. The minimum atomic E-state index is 0.0491. The number of hydrogen-bond donors (Lipinski definition) is 1. The number of carbonyl (C=O) groups excluding carboxylic acids is 1. The quantitative estimate of drug-likeness (QED) is 0.804. The maximum absolute atomic E-state index is 12.9. The van der Waals surface area contributed by atoms with Crippen LogP contribution in [-0.2, 0) is 0 Å². The Hall–Kier alpha value is -2.33. The molecule has 0 spiro atoms. The molecule has 1 aromatic heterocycles. The van der Waals surface area contributed by atoms with Crippen LogP contribution >= 0.6 is 0 Å². The van der Waals surface area contributed by atoms with E-state index in [2.05, 4.69) is 53.8 Å². The minimum Gasteiger partial charge on any atom is -0.349 e. The molecule has 2 heterocycles. The second kappa shape index (κ2) is 8.57. The average molecular weight is 366 g/mol. The number of piperidine rings is 1.